The maximum atomic E-state index is 9.72. The fourth-order valence-electron chi connectivity index (χ4n) is 5.65. The van der Waals surface area contributed by atoms with Crippen molar-refractivity contribution in [3.05, 3.63) is 157 Å². The van der Waals surface area contributed by atoms with E-state index in [1.165, 1.54) is 42.5 Å². The predicted molar refractivity (Wildman–Crippen MR) is 183 cm³/mol. The Labute approximate surface area is 275 Å². The molecule has 9 rings (SSSR count). The zero-order valence-electron chi connectivity index (χ0n) is 40.9. The van der Waals surface area contributed by atoms with E-state index >= 15 is 0 Å². The SMILES string of the molecule is [2H]c1cc2c(-c3cc([2H])c([2H])c(-c4cc([2H])c([2H])c5c([2H])c([2H])c([2H])cc45)c3[2H])c3cc([2H])c([2H])cc3c(-c3c([2H])c([2H])c4oc5c([2H])c([2H])c([2H])c([2H])c5c4c3[2H])c2cc1[2H]. The van der Waals surface area contributed by atoms with Gasteiger partial charge in [0.05, 0.1) is 26.0 Å². The lowest BCUT2D eigenvalue weighted by molar-refractivity contribution is 0.669. The topological polar surface area (TPSA) is 13.1 Å². The molecule has 0 radical (unpaired) electrons. The average Bonchev–Trinajstić information content (AvgIpc) is 3.64. The van der Waals surface area contributed by atoms with Crippen LogP contribution in [0.2, 0.25) is 0 Å². The van der Waals surface area contributed by atoms with Gasteiger partial charge in [-0.2, -0.15) is 0 Å². The molecule has 1 heterocycles. The van der Waals surface area contributed by atoms with Crippen molar-refractivity contribution >= 4 is 54.3 Å². The van der Waals surface area contributed by atoms with Crippen molar-refractivity contribution in [1.29, 1.82) is 0 Å². The summed E-state index contributed by atoms with van der Waals surface area (Å²) in [6, 6.07) is -0.194. The van der Waals surface area contributed by atoms with Crippen LogP contribution in [-0.4, -0.2) is 0 Å². The highest BCUT2D eigenvalue weighted by atomic mass is 16.3. The van der Waals surface area contributed by atoms with Crippen LogP contribution in [0.25, 0.3) is 87.6 Å². The maximum Gasteiger partial charge on any atom is 0.135 e. The molecule has 9 aromatic rings. The summed E-state index contributed by atoms with van der Waals surface area (Å²) in [5.74, 6) is 0. The van der Waals surface area contributed by atoms with E-state index in [-0.39, 0.29) is 112 Å². The van der Waals surface area contributed by atoms with Crippen molar-refractivity contribution < 1.29 is 30.5 Å². The molecule has 200 valence electrons. The van der Waals surface area contributed by atoms with Crippen LogP contribution in [0.4, 0.5) is 0 Å². The second kappa shape index (κ2) is 9.44. The molecule has 0 bridgehead atoms. The molecule has 0 aliphatic carbocycles. The fourth-order valence-corrected chi connectivity index (χ4v) is 5.65. The summed E-state index contributed by atoms with van der Waals surface area (Å²) >= 11 is 0. The Kier molecular flexibility index (Phi) is 2.61. The second-order valence-electron chi connectivity index (χ2n) is 9.80. The molecule has 0 saturated carbocycles. The van der Waals surface area contributed by atoms with Gasteiger partial charge < -0.3 is 4.42 Å². The molecule has 0 amide bonds. The molecule has 0 unspecified atom stereocenters. The minimum Gasteiger partial charge on any atom is -0.456 e. The van der Waals surface area contributed by atoms with Crippen molar-refractivity contribution in [3.63, 3.8) is 0 Å². The number of hydrogen-bond acceptors (Lipinski definition) is 1. The first-order valence-corrected chi connectivity index (χ1v) is 13.2. The van der Waals surface area contributed by atoms with Crippen LogP contribution in [0.3, 0.4) is 0 Å². The third-order valence-electron chi connectivity index (χ3n) is 7.49. The van der Waals surface area contributed by atoms with Gasteiger partial charge in [-0.25, -0.2) is 0 Å². The lowest BCUT2D eigenvalue weighted by Crippen LogP contribution is -1.91. The summed E-state index contributed by atoms with van der Waals surface area (Å²) in [6.07, 6.45) is 0. The number of para-hydroxylation sites is 1. The van der Waals surface area contributed by atoms with Crippen LogP contribution in [0.1, 0.15) is 26.0 Å². The summed E-state index contributed by atoms with van der Waals surface area (Å²) in [4.78, 5) is 0. The van der Waals surface area contributed by atoms with Crippen LogP contribution >= 0.6 is 0 Å². The molecule has 0 atom stereocenters. The molecule has 1 nitrogen and oxygen atoms in total. The Morgan fingerprint density at radius 2 is 0.977 bits per heavy atom. The minimum atomic E-state index is -0.626. The lowest BCUT2D eigenvalue weighted by atomic mass is 9.85. The molecule has 43 heavy (non-hydrogen) atoms. The Balaban J connectivity index is 1.48. The van der Waals surface area contributed by atoms with Gasteiger partial charge in [-0.15, -0.1) is 0 Å². The third-order valence-corrected chi connectivity index (χ3v) is 7.49. The number of benzene rings is 8. The molecular weight excluding hydrogens is 520 g/mol. The first-order valence-electron chi connectivity index (χ1n) is 22.7. The molecule has 0 fully saturated rings. The van der Waals surface area contributed by atoms with Gasteiger partial charge in [-0.05, 0) is 89.9 Å². The molecule has 0 aliphatic heterocycles. The molecule has 0 saturated heterocycles. The molecule has 0 spiro atoms. The van der Waals surface area contributed by atoms with Crippen molar-refractivity contribution in [1.82, 2.24) is 0 Å². The van der Waals surface area contributed by atoms with E-state index in [1.54, 1.807) is 0 Å². The zero-order valence-corrected chi connectivity index (χ0v) is 21.9. The quantitative estimate of drug-likeness (QED) is 0.194. The van der Waals surface area contributed by atoms with Gasteiger partial charge in [0, 0.05) is 10.8 Å². The van der Waals surface area contributed by atoms with E-state index in [0.29, 0.717) is 0 Å². The van der Waals surface area contributed by atoms with E-state index in [9.17, 15) is 4.11 Å². The largest absolute Gasteiger partial charge is 0.456 e. The zero-order chi connectivity index (χ0) is 44.9. The Hall–Kier alpha value is -5.66. The van der Waals surface area contributed by atoms with E-state index in [0.717, 1.165) is 0 Å². The van der Waals surface area contributed by atoms with Gasteiger partial charge in [-0.1, -0.05) is 133 Å². The first-order chi connectivity index (χ1) is 29.2. The highest BCUT2D eigenvalue weighted by Crippen LogP contribution is 2.45. The van der Waals surface area contributed by atoms with E-state index in [1.807, 2.05) is 0 Å². The summed E-state index contributed by atoms with van der Waals surface area (Å²) in [5.41, 5.74) is -1.21. The third kappa shape index (κ3) is 3.72. The molecule has 0 N–H and O–H groups in total. The average molecular weight is 566 g/mol. The van der Waals surface area contributed by atoms with Gasteiger partial charge in [-0.3, -0.25) is 0 Å². The minimum absolute atomic E-state index is 0.00989. The van der Waals surface area contributed by atoms with Gasteiger partial charge in [0.1, 0.15) is 11.2 Å². The second-order valence-corrected chi connectivity index (χ2v) is 9.80. The molecule has 1 aromatic heterocycles. The highest BCUT2D eigenvalue weighted by molar-refractivity contribution is 6.22. The fraction of sp³-hybridized carbons (Fsp3) is 0. The van der Waals surface area contributed by atoms with Crippen LogP contribution in [-0.2, 0) is 0 Å². The maximum absolute atomic E-state index is 9.72. The predicted octanol–water partition coefficient (Wildman–Crippen LogP) is 12.0. The van der Waals surface area contributed by atoms with Crippen molar-refractivity contribution in [2.24, 2.45) is 0 Å². The number of furan rings is 1. The van der Waals surface area contributed by atoms with Gasteiger partial charge in [0.25, 0.3) is 0 Å². The Morgan fingerprint density at radius 3 is 1.77 bits per heavy atom. The summed E-state index contributed by atoms with van der Waals surface area (Å²) < 4.78 is 172. The first kappa shape index (κ1) is 11.9. The highest BCUT2D eigenvalue weighted by Gasteiger charge is 2.18. The number of hydrogen-bond donors (Lipinski definition) is 0. The van der Waals surface area contributed by atoms with Gasteiger partial charge in [0.2, 0.25) is 0 Å². The van der Waals surface area contributed by atoms with Crippen LogP contribution in [0, 0.1) is 0 Å². The van der Waals surface area contributed by atoms with E-state index in [4.69, 9.17) is 26.3 Å². The monoisotopic (exact) mass is 565 g/mol. The Morgan fingerprint density at radius 1 is 0.372 bits per heavy atom. The number of fused-ring (bicyclic) bond motifs is 6. The van der Waals surface area contributed by atoms with Crippen LogP contribution in [0.5, 0.6) is 0 Å². The molecule has 8 aromatic carbocycles. The van der Waals surface area contributed by atoms with Gasteiger partial charge in [0.15, 0.2) is 0 Å². The molecule has 0 aliphatic rings. The molecule has 1 heteroatoms. The Bertz CT molecular complexity index is 3510. The lowest BCUT2D eigenvalue weighted by Gasteiger charge is -2.18. The standard InChI is InChI=1S/C42H26O/c1-2-15-31-27(11-1)12-10-21-32(31)28-13-9-14-29(25-28)41-34-17-3-5-19-36(34)42(37-20-6-4-18-35(37)41)30-23-24-40-38(26-30)33-16-7-8-22-39(33)43-40/h1-26H/i1D,2D,3D,4D,5D,6D,7D,8D,9D,10D,11D,12D,13D,16D,22D,23D,24D,25D,26D. The smallest absolute Gasteiger partial charge is 0.135 e. The number of rotatable bonds is 3. The summed E-state index contributed by atoms with van der Waals surface area (Å²) in [6.45, 7) is 0. The van der Waals surface area contributed by atoms with E-state index in [2.05, 4.69) is 0 Å². The van der Waals surface area contributed by atoms with Crippen LogP contribution in [0.15, 0.2) is 162 Å². The summed E-state index contributed by atoms with van der Waals surface area (Å²) in [7, 11) is 0. The van der Waals surface area contributed by atoms with Crippen molar-refractivity contribution in [2.45, 2.75) is 0 Å². The van der Waals surface area contributed by atoms with Crippen LogP contribution < -0.4 is 0 Å². The van der Waals surface area contributed by atoms with Crippen molar-refractivity contribution in [2.75, 3.05) is 0 Å². The summed E-state index contributed by atoms with van der Waals surface area (Å²) in [5, 5.41) is -0.225. The van der Waals surface area contributed by atoms with Crippen molar-refractivity contribution in [3.8, 4) is 33.4 Å². The van der Waals surface area contributed by atoms with Gasteiger partial charge >= 0.3 is 0 Å². The normalized spacial score (nSPS) is 17.9. The molecular formula is C42H26O. The van der Waals surface area contributed by atoms with E-state index < -0.39 is 90.6 Å².